The molecule has 76 valence electrons. The molecule has 0 aliphatic carbocycles. The van der Waals surface area contributed by atoms with E-state index in [0.29, 0.717) is 0 Å². The fourth-order valence-corrected chi connectivity index (χ4v) is 0.0577. The molecular weight excluding hydrogens is 164 g/mol. The fourth-order valence-electron chi connectivity index (χ4n) is 0.0577. The molecule has 0 heterocycles. The van der Waals surface area contributed by atoms with E-state index in [-0.39, 0.29) is 13.2 Å². The molecule has 0 aromatic heterocycles. The number of hydrogen-bond acceptors (Lipinski definition) is 6. The van der Waals surface area contributed by atoms with Crippen molar-refractivity contribution in [2.75, 3.05) is 19.8 Å². The van der Waals surface area contributed by atoms with Gasteiger partial charge in [-0.25, -0.2) is 0 Å². The molecule has 6 heteroatoms. The summed E-state index contributed by atoms with van der Waals surface area (Å²) < 4.78 is 0. The van der Waals surface area contributed by atoms with Crippen molar-refractivity contribution in [2.45, 2.75) is 18.7 Å². The van der Waals surface area contributed by atoms with Crippen molar-refractivity contribution in [1.29, 1.82) is 0 Å². The molecule has 1 atom stereocenters. The summed E-state index contributed by atoms with van der Waals surface area (Å²) in [5.41, 5.74) is 8.41. The highest BCUT2D eigenvalue weighted by molar-refractivity contribution is 4.57. The third-order valence-electron chi connectivity index (χ3n) is 0.789. The molecule has 0 fully saturated rings. The Morgan fingerprint density at radius 1 is 1.25 bits per heavy atom. The van der Waals surface area contributed by atoms with Gasteiger partial charge < -0.3 is 31.9 Å². The molecule has 1 unspecified atom stereocenters. The zero-order valence-corrected chi connectivity index (χ0v) is 7.14. The first-order chi connectivity index (χ1) is 5.37. The molecule has 0 bridgehead atoms. The zero-order chi connectivity index (χ0) is 10.2. The molecule has 0 rings (SSSR count). The zero-order valence-electron chi connectivity index (χ0n) is 7.14. The van der Waals surface area contributed by atoms with E-state index in [2.05, 4.69) is 0 Å². The molecular formula is C6H18N2O4. The summed E-state index contributed by atoms with van der Waals surface area (Å²) in [6.07, 6.45) is 0. The summed E-state index contributed by atoms with van der Waals surface area (Å²) in [6.45, 7) is 0.646. The molecule has 0 aromatic rings. The molecule has 6 nitrogen and oxygen atoms in total. The average molecular weight is 182 g/mol. The second-order valence-electron chi connectivity index (χ2n) is 2.64. The van der Waals surface area contributed by atoms with Gasteiger partial charge >= 0.3 is 0 Å². The van der Waals surface area contributed by atoms with Gasteiger partial charge in [0.15, 0.2) is 0 Å². The van der Waals surface area contributed by atoms with Crippen molar-refractivity contribution in [3.63, 3.8) is 0 Å². The minimum Gasteiger partial charge on any atom is -0.395 e. The third kappa shape index (κ3) is 16.4. The standard InChI is InChI=1S/2C3H9NO2/c1-3(4,6)2-5;4-3(1-5)2-6/h5-6H,2,4H2,1H3;3,5-6H,1-2,4H2. The molecule has 0 saturated carbocycles. The van der Waals surface area contributed by atoms with E-state index in [1.54, 1.807) is 0 Å². The minimum atomic E-state index is -1.40. The Bertz CT molecular complexity index is 90.0. The lowest BCUT2D eigenvalue weighted by Gasteiger charge is -2.10. The fraction of sp³-hybridized carbons (Fsp3) is 1.00. The maximum atomic E-state index is 8.35. The van der Waals surface area contributed by atoms with Crippen molar-refractivity contribution < 1.29 is 20.4 Å². The van der Waals surface area contributed by atoms with Crippen LogP contribution in [-0.4, -0.2) is 52.0 Å². The highest BCUT2D eigenvalue weighted by Crippen LogP contribution is 1.84. The maximum absolute atomic E-state index is 8.35. The normalized spacial score (nSPS) is 15.0. The quantitative estimate of drug-likeness (QED) is 0.257. The van der Waals surface area contributed by atoms with Gasteiger partial charge in [-0.05, 0) is 6.92 Å². The van der Waals surface area contributed by atoms with Crippen LogP contribution < -0.4 is 11.5 Å². The van der Waals surface area contributed by atoms with Gasteiger partial charge in [0, 0.05) is 0 Å². The summed E-state index contributed by atoms with van der Waals surface area (Å²) in [6, 6.07) is -0.454. The van der Waals surface area contributed by atoms with Crippen molar-refractivity contribution >= 4 is 0 Å². The van der Waals surface area contributed by atoms with Gasteiger partial charge in [-0.1, -0.05) is 0 Å². The van der Waals surface area contributed by atoms with E-state index in [1.165, 1.54) is 6.92 Å². The van der Waals surface area contributed by atoms with E-state index >= 15 is 0 Å². The van der Waals surface area contributed by atoms with Crippen LogP contribution in [0, 0.1) is 0 Å². The van der Waals surface area contributed by atoms with E-state index in [1.807, 2.05) is 0 Å². The van der Waals surface area contributed by atoms with Crippen LogP contribution in [0.4, 0.5) is 0 Å². The van der Waals surface area contributed by atoms with Gasteiger partial charge in [0.1, 0.15) is 5.72 Å². The van der Waals surface area contributed by atoms with Crippen LogP contribution in [0.25, 0.3) is 0 Å². The summed E-state index contributed by atoms with van der Waals surface area (Å²) in [5, 5.41) is 32.5. The van der Waals surface area contributed by atoms with Crippen LogP contribution in [0.15, 0.2) is 0 Å². The van der Waals surface area contributed by atoms with Crippen LogP contribution in [0.1, 0.15) is 6.92 Å². The van der Waals surface area contributed by atoms with Gasteiger partial charge in [0.05, 0.1) is 25.9 Å². The smallest absolute Gasteiger partial charge is 0.133 e. The first-order valence-corrected chi connectivity index (χ1v) is 3.46. The Kier molecular flexibility index (Phi) is 8.83. The number of rotatable bonds is 3. The number of nitrogens with two attached hydrogens (primary N) is 2. The second kappa shape index (κ2) is 7.41. The lowest BCUT2D eigenvalue weighted by Crippen LogP contribution is -2.39. The Morgan fingerprint density at radius 3 is 1.50 bits per heavy atom. The molecule has 0 saturated heterocycles. The maximum Gasteiger partial charge on any atom is 0.133 e. The van der Waals surface area contributed by atoms with Crippen LogP contribution in [-0.2, 0) is 0 Å². The third-order valence-corrected chi connectivity index (χ3v) is 0.789. The highest BCUT2D eigenvalue weighted by Gasteiger charge is 2.08. The van der Waals surface area contributed by atoms with E-state index in [4.69, 9.17) is 31.9 Å². The van der Waals surface area contributed by atoms with E-state index in [0.717, 1.165) is 0 Å². The van der Waals surface area contributed by atoms with Crippen molar-refractivity contribution in [3.8, 4) is 0 Å². The molecule has 8 N–H and O–H groups in total. The van der Waals surface area contributed by atoms with Crippen molar-refractivity contribution in [1.82, 2.24) is 0 Å². The minimum absolute atomic E-state index is 0.142. The van der Waals surface area contributed by atoms with E-state index < -0.39 is 18.4 Å². The first-order valence-electron chi connectivity index (χ1n) is 3.46. The van der Waals surface area contributed by atoms with E-state index in [9.17, 15) is 0 Å². The number of aliphatic hydroxyl groups is 4. The van der Waals surface area contributed by atoms with Gasteiger partial charge in [-0.2, -0.15) is 0 Å². The van der Waals surface area contributed by atoms with Crippen molar-refractivity contribution in [3.05, 3.63) is 0 Å². The van der Waals surface area contributed by atoms with Crippen LogP contribution in [0.3, 0.4) is 0 Å². The Labute approximate surface area is 71.4 Å². The number of aliphatic hydroxyl groups excluding tert-OH is 3. The van der Waals surface area contributed by atoms with Gasteiger partial charge in [0.2, 0.25) is 0 Å². The molecule has 0 radical (unpaired) electrons. The average Bonchev–Trinajstić information content (AvgIpc) is 2.03. The van der Waals surface area contributed by atoms with Crippen LogP contribution in [0.2, 0.25) is 0 Å². The molecule has 0 spiro atoms. The van der Waals surface area contributed by atoms with Gasteiger partial charge in [-0.15, -0.1) is 0 Å². The summed E-state index contributed by atoms with van der Waals surface area (Å²) >= 11 is 0. The Balaban J connectivity index is 0. The predicted octanol–water partition coefficient (Wildman–Crippen LogP) is -3.06. The van der Waals surface area contributed by atoms with Crippen LogP contribution in [0.5, 0.6) is 0 Å². The number of hydrogen-bond donors (Lipinski definition) is 6. The van der Waals surface area contributed by atoms with Gasteiger partial charge in [0.25, 0.3) is 0 Å². The molecule has 12 heavy (non-hydrogen) atoms. The lowest BCUT2D eigenvalue weighted by atomic mass is 10.3. The largest absolute Gasteiger partial charge is 0.395 e. The Hall–Kier alpha value is -0.240. The van der Waals surface area contributed by atoms with Gasteiger partial charge in [-0.3, -0.25) is 0 Å². The van der Waals surface area contributed by atoms with Crippen molar-refractivity contribution in [2.24, 2.45) is 11.5 Å². The summed E-state index contributed by atoms with van der Waals surface area (Å²) in [4.78, 5) is 0. The summed E-state index contributed by atoms with van der Waals surface area (Å²) in [7, 11) is 0. The topological polar surface area (TPSA) is 133 Å². The molecule has 0 aliphatic heterocycles. The predicted molar refractivity (Wildman–Crippen MR) is 44.0 cm³/mol. The first kappa shape index (κ1) is 14.3. The summed E-state index contributed by atoms with van der Waals surface area (Å²) in [5.74, 6) is 0. The molecule has 0 amide bonds. The lowest BCUT2D eigenvalue weighted by molar-refractivity contribution is 0.00747. The molecule has 0 aliphatic rings. The van der Waals surface area contributed by atoms with Crippen LogP contribution >= 0.6 is 0 Å². The Morgan fingerprint density at radius 2 is 1.50 bits per heavy atom. The molecule has 0 aromatic carbocycles. The SMILES string of the molecule is CC(N)(O)CO.NC(CO)CO. The second-order valence-corrected chi connectivity index (χ2v) is 2.64. The monoisotopic (exact) mass is 182 g/mol. The highest BCUT2D eigenvalue weighted by atomic mass is 16.3.